The van der Waals surface area contributed by atoms with Crippen molar-refractivity contribution in [1.29, 1.82) is 0 Å². The zero-order valence-corrected chi connectivity index (χ0v) is 16.9. The first-order chi connectivity index (χ1) is 13.9. The minimum absolute atomic E-state index is 0.0258. The highest BCUT2D eigenvalue weighted by molar-refractivity contribution is 7.89. The molecule has 0 aliphatic heterocycles. The van der Waals surface area contributed by atoms with Crippen molar-refractivity contribution in [2.45, 2.75) is 37.5 Å². The average Bonchev–Trinajstić information content (AvgIpc) is 3.30. The fourth-order valence-corrected chi connectivity index (χ4v) is 4.65. The second kappa shape index (κ2) is 7.46. The Labute approximate surface area is 169 Å². The summed E-state index contributed by atoms with van der Waals surface area (Å²) in [6.45, 7) is 1.85. The standard InChI is InChI=1S/C21H22N4O3S/c1-2-14-11-12-15(13-19(14)29(22,27)28)23-21(26)20-17-9-6-10-18(17)25(24-20)16-7-4-3-5-8-16/h3-5,7-8,11-13H,2,6,9-10H2,1H3,(H,23,26)(H2,22,27,28). The maximum Gasteiger partial charge on any atom is 0.276 e. The van der Waals surface area contributed by atoms with Crippen LogP contribution in [-0.4, -0.2) is 24.1 Å². The minimum atomic E-state index is -3.88. The highest BCUT2D eigenvalue weighted by Gasteiger charge is 2.27. The van der Waals surface area contributed by atoms with Crippen molar-refractivity contribution in [3.63, 3.8) is 0 Å². The number of primary sulfonamides is 1. The van der Waals surface area contributed by atoms with E-state index in [0.29, 0.717) is 23.4 Å². The van der Waals surface area contributed by atoms with Crippen LogP contribution in [0.4, 0.5) is 5.69 Å². The molecule has 1 aliphatic carbocycles. The van der Waals surface area contributed by atoms with Gasteiger partial charge >= 0.3 is 0 Å². The number of sulfonamides is 1. The number of carbonyl (C=O) groups is 1. The smallest absolute Gasteiger partial charge is 0.276 e. The Morgan fingerprint density at radius 3 is 2.62 bits per heavy atom. The number of nitrogens with one attached hydrogen (secondary N) is 1. The number of carbonyl (C=O) groups excluding carboxylic acids is 1. The van der Waals surface area contributed by atoms with E-state index in [2.05, 4.69) is 10.4 Å². The molecule has 1 aliphatic rings. The van der Waals surface area contributed by atoms with Crippen LogP contribution in [0.3, 0.4) is 0 Å². The van der Waals surface area contributed by atoms with Gasteiger partial charge in [0.25, 0.3) is 5.91 Å². The number of hydrogen-bond donors (Lipinski definition) is 2. The first kappa shape index (κ1) is 19.4. The summed E-state index contributed by atoms with van der Waals surface area (Å²) in [4.78, 5) is 13.0. The van der Waals surface area contributed by atoms with Gasteiger partial charge in [-0.05, 0) is 55.5 Å². The quantitative estimate of drug-likeness (QED) is 0.674. The van der Waals surface area contributed by atoms with Gasteiger partial charge in [-0.1, -0.05) is 31.2 Å². The van der Waals surface area contributed by atoms with Crippen LogP contribution in [0.15, 0.2) is 53.4 Å². The molecule has 4 rings (SSSR count). The summed E-state index contributed by atoms with van der Waals surface area (Å²) in [7, 11) is -3.88. The Bertz CT molecular complexity index is 1180. The minimum Gasteiger partial charge on any atom is -0.321 e. The molecule has 0 unspecified atom stereocenters. The summed E-state index contributed by atoms with van der Waals surface area (Å²) < 4.78 is 25.6. The fraction of sp³-hybridized carbons (Fsp3) is 0.238. The highest BCUT2D eigenvalue weighted by Crippen LogP contribution is 2.29. The van der Waals surface area contributed by atoms with Crippen LogP contribution in [-0.2, 0) is 29.3 Å². The number of fused-ring (bicyclic) bond motifs is 1. The lowest BCUT2D eigenvalue weighted by Gasteiger charge is -2.10. The molecule has 8 heteroatoms. The van der Waals surface area contributed by atoms with Gasteiger partial charge in [0, 0.05) is 16.9 Å². The van der Waals surface area contributed by atoms with Gasteiger partial charge in [0.2, 0.25) is 10.0 Å². The summed E-state index contributed by atoms with van der Waals surface area (Å²) >= 11 is 0. The second-order valence-corrected chi connectivity index (χ2v) is 8.58. The number of para-hydroxylation sites is 1. The molecule has 0 atom stereocenters. The van der Waals surface area contributed by atoms with Gasteiger partial charge in [0.05, 0.1) is 10.6 Å². The molecule has 0 saturated heterocycles. The van der Waals surface area contributed by atoms with Crippen molar-refractivity contribution in [2.24, 2.45) is 5.14 Å². The van der Waals surface area contributed by atoms with E-state index in [4.69, 9.17) is 5.14 Å². The zero-order valence-electron chi connectivity index (χ0n) is 16.1. The van der Waals surface area contributed by atoms with Crippen LogP contribution < -0.4 is 10.5 Å². The lowest BCUT2D eigenvalue weighted by molar-refractivity contribution is 0.102. The van der Waals surface area contributed by atoms with Gasteiger partial charge in [-0.25, -0.2) is 18.2 Å². The van der Waals surface area contributed by atoms with Crippen molar-refractivity contribution >= 4 is 21.6 Å². The molecule has 1 aromatic heterocycles. The van der Waals surface area contributed by atoms with E-state index in [1.807, 2.05) is 41.9 Å². The van der Waals surface area contributed by atoms with Crippen LogP contribution in [0.1, 0.15) is 40.7 Å². The van der Waals surface area contributed by atoms with Crippen molar-refractivity contribution in [3.8, 4) is 5.69 Å². The summed E-state index contributed by atoms with van der Waals surface area (Å²) in [6.07, 6.45) is 3.16. The third kappa shape index (κ3) is 3.68. The van der Waals surface area contributed by atoms with Crippen LogP contribution in [0.25, 0.3) is 5.69 Å². The van der Waals surface area contributed by atoms with E-state index in [0.717, 1.165) is 36.2 Å². The van der Waals surface area contributed by atoms with E-state index in [9.17, 15) is 13.2 Å². The number of rotatable bonds is 5. The van der Waals surface area contributed by atoms with Gasteiger partial charge < -0.3 is 5.32 Å². The van der Waals surface area contributed by atoms with Crippen molar-refractivity contribution < 1.29 is 13.2 Å². The molecule has 1 heterocycles. The number of nitrogens with two attached hydrogens (primary N) is 1. The van der Waals surface area contributed by atoms with Gasteiger partial charge in [-0.15, -0.1) is 0 Å². The lowest BCUT2D eigenvalue weighted by Crippen LogP contribution is -2.17. The van der Waals surface area contributed by atoms with Crippen LogP contribution in [0.2, 0.25) is 0 Å². The topological polar surface area (TPSA) is 107 Å². The van der Waals surface area contributed by atoms with Gasteiger partial charge in [-0.2, -0.15) is 5.10 Å². The summed E-state index contributed by atoms with van der Waals surface area (Å²) in [5.74, 6) is -0.359. The molecular formula is C21H22N4O3S. The Hall–Kier alpha value is -2.97. The average molecular weight is 410 g/mol. The number of benzene rings is 2. The third-order valence-electron chi connectivity index (χ3n) is 5.16. The first-order valence-electron chi connectivity index (χ1n) is 9.51. The van der Waals surface area contributed by atoms with Crippen molar-refractivity contribution in [1.82, 2.24) is 9.78 Å². The van der Waals surface area contributed by atoms with E-state index < -0.39 is 10.0 Å². The van der Waals surface area contributed by atoms with Crippen LogP contribution >= 0.6 is 0 Å². The van der Waals surface area contributed by atoms with Gasteiger partial charge in [0.15, 0.2) is 5.69 Å². The predicted molar refractivity (Wildman–Crippen MR) is 111 cm³/mol. The number of aryl methyl sites for hydroxylation is 1. The van der Waals surface area contributed by atoms with Crippen LogP contribution in [0, 0.1) is 0 Å². The van der Waals surface area contributed by atoms with E-state index in [1.165, 1.54) is 6.07 Å². The Kier molecular flexibility index (Phi) is 4.97. The number of amides is 1. The van der Waals surface area contributed by atoms with Crippen LogP contribution in [0.5, 0.6) is 0 Å². The van der Waals surface area contributed by atoms with Crippen molar-refractivity contribution in [3.05, 3.63) is 71.0 Å². The zero-order chi connectivity index (χ0) is 20.6. The number of nitrogens with zero attached hydrogens (tertiary/aromatic N) is 2. The normalized spacial score (nSPS) is 13.3. The number of aromatic nitrogens is 2. The molecule has 0 spiro atoms. The molecule has 3 aromatic rings. The molecular weight excluding hydrogens is 388 g/mol. The van der Waals surface area contributed by atoms with E-state index in [-0.39, 0.29) is 10.8 Å². The fourth-order valence-electron chi connectivity index (χ4n) is 3.78. The Balaban J connectivity index is 1.69. The molecule has 0 radical (unpaired) electrons. The number of anilines is 1. The molecule has 1 amide bonds. The molecule has 2 aromatic carbocycles. The molecule has 3 N–H and O–H groups in total. The second-order valence-electron chi connectivity index (χ2n) is 7.05. The maximum atomic E-state index is 13.0. The maximum absolute atomic E-state index is 13.0. The summed E-state index contributed by atoms with van der Waals surface area (Å²) in [5, 5.41) is 12.7. The van der Waals surface area contributed by atoms with Crippen molar-refractivity contribution in [2.75, 3.05) is 5.32 Å². The third-order valence-corrected chi connectivity index (χ3v) is 6.15. The molecule has 7 nitrogen and oxygen atoms in total. The molecule has 29 heavy (non-hydrogen) atoms. The Morgan fingerprint density at radius 1 is 1.17 bits per heavy atom. The molecule has 0 saturated carbocycles. The lowest BCUT2D eigenvalue weighted by atomic mass is 10.1. The monoisotopic (exact) mass is 410 g/mol. The summed E-state index contributed by atoms with van der Waals surface area (Å²) in [5.41, 5.74) is 4.26. The van der Waals surface area contributed by atoms with E-state index in [1.54, 1.807) is 12.1 Å². The highest BCUT2D eigenvalue weighted by atomic mass is 32.2. The Morgan fingerprint density at radius 2 is 1.93 bits per heavy atom. The first-order valence-corrected chi connectivity index (χ1v) is 11.1. The largest absolute Gasteiger partial charge is 0.321 e. The molecule has 150 valence electrons. The summed E-state index contributed by atoms with van der Waals surface area (Å²) in [6, 6.07) is 14.5. The SMILES string of the molecule is CCc1ccc(NC(=O)c2nn(-c3ccccc3)c3c2CCC3)cc1S(N)(=O)=O. The van der Waals surface area contributed by atoms with Gasteiger partial charge in [-0.3, -0.25) is 4.79 Å². The van der Waals surface area contributed by atoms with E-state index >= 15 is 0 Å². The molecule has 0 fully saturated rings. The molecule has 0 bridgehead atoms. The number of hydrogen-bond acceptors (Lipinski definition) is 4. The van der Waals surface area contributed by atoms with Gasteiger partial charge in [0.1, 0.15) is 0 Å². The predicted octanol–water partition coefficient (Wildman–Crippen LogP) is 2.82.